The first kappa shape index (κ1) is 14.8. The van der Waals surface area contributed by atoms with Crippen LogP contribution >= 0.6 is 0 Å². The molecule has 1 aromatic rings. The van der Waals surface area contributed by atoms with Gasteiger partial charge in [-0.1, -0.05) is 6.92 Å². The van der Waals surface area contributed by atoms with E-state index >= 15 is 0 Å². The molecule has 1 aliphatic rings. The molecule has 0 spiro atoms. The summed E-state index contributed by atoms with van der Waals surface area (Å²) in [6.45, 7) is 4.50. The molecule has 4 nitrogen and oxygen atoms in total. The lowest BCUT2D eigenvalue weighted by atomic mass is 10.1. The molecule has 0 bridgehead atoms. The van der Waals surface area contributed by atoms with Crippen LogP contribution in [0, 0.1) is 5.82 Å². The van der Waals surface area contributed by atoms with Gasteiger partial charge in [-0.15, -0.1) is 0 Å². The van der Waals surface area contributed by atoms with Crippen molar-refractivity contribution < 1.29 is 9.18 Å². The first-order valence-corrected chi connectivity index (χ1v) is 7.07. The smallest absolute Gasteiger partial charge is 0.257 e. The van der Waals surface area contributed by atoms with Crippen molar-refractivity contribution >= 4 is 11.6 Å². The average Bonchev–Trinajstić information content (AvgIpc) is 2.62. The maximum Gasteiger partial charge on any atom is 0.257 e. The van der Waals surface area contributed by atoms with Gasteiger partial charge in [0.05, 0.1) is 5.56 Å². The molecule has 1 aromatic carbocycles. The van der Waals surface area contributed by atoms with Crippen molar-refractivity contribution in [1.29, 1.82) is 0 Å². The number of halogens is 1. The summed E-state index contributed by atoms with van der Waals surface area (Å²) < 4.78 is 13.9. The third-order valence-corrected chi connectivity index (χ3v) is 3.85. The van der Waals surface area contributed by atoms with E-state index in [1.165, 1.54) is 18.2 Å². The van der Waals surface area contributed by atoms with Crippen LogP contribution in [0.4, 0.5) is 10.1 Å². The predicted octanol–water partition coefficient (Wildman–Crippen LogP) is 1.96. The Morgan fingerprint density at radius 1 is 1.45 bits per heavy atom. The highest BCUT2D eigenvalue weighted by Crippen LogP contribution is 2.19. The summed E-state index contributed by atoms with van der Waals surface area (Å²) in [6, 6.07) is 4.28. The van der Waals surface area contributed by atoms with Crippen LogP contribution in [0.5, 0.6) is 0 Å². The zero-order valence-electron chi connectivity index (χ0n) is 12.1. The Bertz CT molecular complexity index is 492. The first-order chi connectivity index (χ1) is 9.52. The number of nitrogens with zero attached hydrogens (tertiary/aromatic N) is 2. The Kier molecular flexibility index (Phi) is 4.60. The van der Waals surface area contributed by atoms with Gasteiger partial charge in [0, 0.05) is 24.8 Å². The number of amides is 1. The lowest BCUT2D eigenvalue weighted by molar-refractivity contribution is 0.0671. The van der Waals surface area contributed by atoms with Crippen LogP contribution in [-0.2, 0) is 0 Å². The molecule has 0 radical (unpaired) electrons. The monoisotopic (exact) mass is 279 g/mol. The summed E-state index contributed by atoms with van der Waals surface area (Å²) in [4.78, 5) is 16.6. The fourth-order valence-electron chi connectivity index (χ4n) is 2.72. The van der Waals surface area contributed by atoms with Crippen molar-refractivity contribution in [3.63, 3.8) is 0 Å². The molecule has 1 heterocycles. The van der Waals surface area contributed by atoms with Gasteiger partial charge in [-0.05, 0) is 44.6 Å². The Morgan fingerprint density at radius 3 is 2.90 bits per heavy atom. The van der Waals surface area contributed by atoms with Crippen molar-refractivity contribution in [3.8, 4) is 0 Å². The summed E-state index contributed by atoms with van der Waals surface area (Å²) in [5, 5.41) is 0. The van der Waals surface area contributed by atoms with Crippen LogP contribution in [0.1, 0.15) is 30.1 Å². The van der Waals surface area contributed by atoms with E-state index in [9.17, 15) is 9.18 Å². The molecule has 1 unspecified atom stereocenters. The van der Waals surface area contributed by atoms with E-state index in [1.807, 2.05) is 0 Å². The van der Waals surface area contributed by atoms with Crippen LogP contribution < -0.4 is 5.73 Å². The van der Waals surface area contributed by atoms with Gasteiger partial charge in [-0.3, -0.25) is 4.79 Å². The number of carbonyl (C=O) groups is 1. The minimum atomic E-state index is -0.503. The molecule has 110 valence electrons. The Balaban J connectivity index is 2.27. The number of nitrogens with two attached hydrogens (primary N) is 1. The number of likely N-dealkylation sites (N-methyl/N-ethyl adjacent to an activating group) is 1. The minimum Gasteiger partial charge on any atom is -0.399 e. The second kappa shape index (κ2) is 6.22. The molecule has 2 rings (SSSR count). The number of nitrogen functional groups attached to an aromatic ring is 1. The van der Waals surface area contributed by atoms with Crippen LogP contribution in [0.3, 0.4) is 0 Å². The van der Waals surface area contributed by atoms with E-state index in [0.29, 0.717) is 12.2 Å². The highest BCUT2D eigenvalue weighted by atomic mass is 19.1. The molecule has 5 heteroatoms. The zero-order chi connectivity index (χ0) is 14.7. The number of hydrogen-bond donors (Lipinski definition) is 1. The van der Waals surface area contributed by atoms with Gasteiger partial charge in [-0.2, -0.15) is 0 Å². The fraction of sp³-hybridized carbons (Fsp3) is 0.533. The second-order valence-electron chi connectivity index (χ2n) is 5.42. The molecule has 0 aliphatic carbocycles. The lowest BCUT2D eigenvalue weighted by Gasteiger charge is -2.30. The summed E-state index contributed by atoms with van der Waals surface area (Å²) in [5.74, 6) is -0.756. The third-order valence-electron chi connectivity index (χ3n) is 3.85. The number of anilines is 1. The minimum absolute atomic E-state index is 0.0769. The van der Waals surface area contributed by atoms with Crippen molar-refractivity contribution in [2.45, 2.75) is 25.8 Å². The van der Waals surface area contributed by atoms with Crippen LogP contribution in [0.2, 0.25) is 0 Å². The normalized spacial score (nSPS) is 20.8. The highest BCUT2D eigenvalue weighted by molar-refractivity contribution is 5.95. The van der Waals surface area contributed by atoms with E-state index in [-0.39, 0.29) is 17.5 Å². The number of hydrogen-bond acceptors (Lipinski definition) is 3. The molecule has 1 aliphatic heterocycles. The number of carbonyl (C=O) groups excluding carboxylic acids is 1. The van der Waals surface area contributed by atoms with Crippen molar-refractivity contribution in [3.05, 3.63) is 29.6 Å². The third kappa shape index (κ3) is 3.10. The lowest BCUT2D eigenvalue weighted by Crippen LogP contribution is -2.43. The maximum atomic E-state index is 13.9. The van der Waals surface area contributed by atoms with Crippen molar-refractivity contribution in [2.24, 2.45) is 0 Å². The molecule has 0 aromatic heterocycles. The van der Waals surface area contributed by atoms with E-state index in [4.69, 9.17) is 5.73 Å². The quantitative estimate of drug-likeness (QED) is 0.842. The molecule has 2 N–H and O–H groups in total. The van der Waals surface area contributed by atoms with Crippen LogP contribution in [0.25, 0.3) is 0 Å². The maximum absolute atomic E-state index is 13.9. The summed E-state index contributed by atoms with van der Waals surface area (Å²) in [6.07, 6.45) is 1.77. The first-order valence-electron chi connectivity index (χ1n) is 7.07. The largest absolute Gasteiger partial charge is 0.399 e. The molecule has 1 atom stereocenters. The molecular formula is C15H22FN3O. The molecule has 1 fully saturated rings. The molecule has 0 saturated carbocycles. The van der Waals surface area contributed by atoms with Gasteiger partial charge in [0.1, 0.15) is 5.82 Å². The second-order valence-corrected chi connectivity index (χ2v) is 5.42. The van der Waals surface area contributed by atoms with Gasteiger partial charge < -0.3 is 15.5 Å². The fourth-order valence-corrected chi connectivity index (χ4v) is 2.72. The Hall–Kier alpha value is -1.62. The van der Waals surface area contributed by atoms with Crippen molar-refractivity contribution in [1.82, 2.24) is 9.80 Å². The SMILES string of the molecule is CCC1CN(C)CCCN1C(=O)c1cc(N)ccc1F. The van der Waals surface area contributed by atoms with E-state index in [1.54, 1.807) is 4.90 Å². The van der Waals surface area contributed by atoms with Crippen LogP contribution in [0.15, 0.2) is 18.2 Å². The Labute approximate surface area is 119 Å². The van der Waals surface area contributed by atoms with E-state index in [2.05, 4.69) is 18.9 Å². The number of benzene rings is 1. The molecular weight excluding hydrogens is 257 g/mol. The standard InChI is InChI=1S/C15H22FN3O/c1-3-12-10-18(2)7-4-8-19(12)15(20)13-9-11(17)5-6-14(13)16/h5-6,9,12H,3-4,7-8,10,17H2,1-2H3. The van der Waals surface area contributed by atoms with Gasteiger partial charge in [-0.25, -0.2) is 4.39 Å². The van der Waals surface area contributed by atoms with Crippen molar-refractivity contribution in [2.75, 3.05) is 32.4 Å². The average molecular weight is 279 g/mol. The van der Waals surface area contributed by atoms with Gasteiger partial charge in [0.2, 0.25) is 0 Å². The van der Waals surface area contributed by atoms with Crippen LogP contribution in [-0.4, -0.2) is 48.4 Å². The molecule has 20 heavy (non-hydrogen) atoms. The summed E-state index contributed by atoms with van der Waals surface area (Å²) in [5.41, 5.74) is 6.16. The van der Waals surface area contributed by atoms with Gasteiger partial charge in [0.25, 0.3) is 5.91 Å². The molecule has 1 saturated heterocycles. The number of rotatable bonds is 2. The van der Waals surface area contributed by atoms with Gasteiger partial charge >= 0.3 is 0 Å². The summed E-state index contributed by atoms with van der Waals surface area (Å²) in [7, 11) is 2.05. The topological polar surface area (TPSA) is 49.6 Å². The Morgan fingerprint density at radius 2 is 2.20 bits per heavy atom. The van der Waals surface area contributed by atoms with E-state index in [0.717, 1.165) is 25.9 Å². The molecule has 1 amide bonds. The summed E-state index contributed by atoms with van der Waals surface area (Å²) >= 11 is 0. The van der Waals surface area contributed by atoms with E-state index < -0.39 is 5.82 Å². The predicted molar refractivity (Wildman–Crippen MR) is 78.0 cm³/mol. The zero-order valence-corrected chi connectivity index (χ0v) is 12.1. The highest BCUT2D eigenvalue weighted by Gasteiger charge is 2.28. The van der Waals surface area contributed by atoms with Gasteiger partial charge in [0.15, 0.2) is 0 Å².